The first-order valence-corrected chi connectivity index (χ1v) is 15.7. The number of fused-ring (bicyclic) bond motifs is 3. The van der Waals surface area contributed by atoms with Crippen LogP contribution < -0.4 is 5.73 Å². The number of allylic oxidation sites excluding steroid dienone is 1. The summed E-state index contributed by atoms with van der Waals surface area (Å²) in [6.45, 7) is 8.20. The minimum atomic E-state index is -3.49. The van der Waals surface area contributed by atoms with Gasteiger partial charge in [0.2, 0.25) is 5.60 Å². The largest absolute Gasteiger partial charge is 0.390 e. The van der Waals surface area contributed by atoms with Gasteiger partial charge in [-0.15, -0.1) is 0 Å². The second-order valence-electron chi connectivity index (χ2n) is 11.2. The van der Waals surface area contributed by atoms with Gasteiger partial charge < -0.3 is 19.9 Å². The van der Waals surface area contributed by atoms with Crippen LogP contribution in [0.15, 0.2) is 30.6 Å². The minimum absolute atomic E-state index is 0. The Morgan fingerprint density at radius 1 is 1.36 bits per heavy atom. The zero-order valence-electron chi connectivity index (χ0n) is 22.2. The fraction of sp³-hybridized carbons (Fsp3) is 0.640. The molecule has 2 aromatic rings. The first kappa shape index (κ1) is 29.1. The van der Waals surface area contributed by atoms with Crippen LogP contribution in [0.2, 0.25) is 0 Å². The molecule has 0 bridgehead atoms. The topological polar surface area (TPSA) is 143 Å². The van der Waals surface area contributed by atoms with Crippen LogP contribution in [0, 0.1) is 17.2 Å². The van der Waals surface area contributed by atoms with Gasteiger partial charge >= 0.3 is 6.80 Å². The van der Waals surface area contributed by atoms with Crippen molar-refractivity contribution in [1.29, 1.82) is 5.26 Å². The molecule has 3 aliphatic heterocycles. The Balaban J connectivity index is 0.00000308. The number of nitriles is 1. The van der Waals surface area contributed by atoms with E-state index < -0.39 is 36.5 Å². The molecule has 0 aromatic carbocycles. The number of nitrogens with two attached hydrogens (primary N) is 1. The fourth-order valence-electron chi connectivity index (χ4n) is 6.07. The van der Waals surface area contributed by atoms with Gasteiger partial charge in [-0.1, -0.05) is 12.2 Å². The molecule has 39 heavy (non-hydrogen) atoms. The van der Waals surface area contributed by atoms with Crippen molar-refractivity contribution in [2.24, 2.45) is 5.92 Å². The van der Waals surface area contributed by atoms with Crippen molar-refractivity contribution >= 4 is 46.6 Å². The Kier molecular flexibility index (Phi) is 7.32. The maximum atomic E-state index is 13.8. The van der Waals surface area contributed by atoms with E-state index in [4.69, 9.17) is 29.0 Å². The summed E-state index contributed by atoms with van der Waals surface area (Å²) in [7, 11) is 0. The van der Waals surface area contributed by atoms with Crippen molar-refractivity contribution in [3.05, 3.63) is 36.3 Å². The third-order valence-electron chi connectivity index (χ3n) is 8.10. The molecule has 6 rings (SSSR count). The summed E-state index contributed by atoms with van der Waals surface area (Å²) in [6.07, 6.45) is 1.56. The summed E-state index contributed by atoms with van der Waals surface area (Å²) in [5, 5.41) is 14.8. The van der Waals surface area contributed by atoms with Gasteiger partial charge in [-0.2, -0.15) is 10.4 Å². The van der Waals surface area contributed by atoms with Crippen LogP contribution in [0.25, 0.3) is 5.52 Å². The van der Waals surface area contributed by atoms with E-state index in [-0.39, 0.29) is 40.3 Å². The fourth-order valence-corrected chi connectivity index (χ4v) is 11.2. The normalized spacial score (nSPS) is 40.5. The maximum Gasteiger partial charge on any atom is 0.390 e. The Bertz CT molecular complexity index is 1400. The van der Waals surface area contributed by atoms with E-state index in [0.29, 0.717) is 17.1 Å². The number of aromatic nitrogens is 3. The van der Waals surface area contributed by atoms with Crippen LogP contribution in [0.3, 0.4) is 0 Å². The molecule has 0 spiro atoms. The molecule has 1 saturated carbocycles. The van der Waals surface area contributed by atoms with Gasteiger partial charge in [-0.3, -0.25) is 9.05 Å². The van der Waals surface area contributed by atoms with Gasteiger partial charge in [0.05, 0.1) is 23.2 Å². The summed E-state index contributed by atoms with van der Waals surface area (Å²) < 4.78 is 45.9. The van der Waals surface area contributed by atoms with Gasteiger partial charge in [0.15, 0.2) is 11.6 Å². The Morgan fingerprint density at radius 2 is 2.13 bits per heavy atom. The maximum absolute atomic E-state index is 13.8. The van der Waals surface area contributed by atoms with E-state index in [1.54, 1.807) is 26.0 Å². The first-order valence-electron chi connectivity index (χ1n) is 12.7. The van der Waals surface area contributed by atoms with Crippen molar-refractivity contribution < 1.29 is 27.8 Å². The number of ether oxygens (including phenoxy) is 3. The predicted molar refractivity (Wildman–Crippen MR) is 146 cm³/mol. The number of hydrogen-bond donors (Lipinski definition) is 1. The summed E-state index contributed by atoms with van der Waals surface area (Å²) in [5.74, 6) is -0.352. The zero-order valence-corrected chi connectivity index (χ0v) is 25.7. The molecule has 8 atom stereocenters. The van der Waals surface area contributed by atoms with Gasteiger partial charge in [-0.05, 0) is 76.4 Å². The van der Waals surface area contributed by atoms with Crippen LogP contribution in [0.5, 0.6) is 0 Å². The SMILES string of the molecule is C=C(C)[C@H]1CC[C@@]2(C)S[P@@](=O)(OC[C@H]3O[C@@](C#N)(c4ccc5c(N)ncnn45)[C@@H]4OC(C)(C)O[C@@H]43)O[C@@H]2C1.[Se]. The molecule has 14 heteroatoms. The third kappa shape index (κ3) is 4.68. The number of anilines is 1. The third-order valence-corrected chi connectivity index (χ3v) is 12.7. The molecule has 2 N–H and O–H groups in total. The van der Waals surface area contributed by atoms with Crippen LogP contribution in [0.1, 0.15) is 52.7 Å². The zero-order chi connectivity index (χ0) is 27.1. The molecular weight excluding hydrogens is 608 g/mol. The second-order valence-corrected chi connectivity index (χ2v) is 15.6. The number of nitrogen functional groups attached to an aromatic ring is 1. The van der Waals surface area contributed by atoms with E-state index in [0.717, 1.165) is 24.8 Å². The van der Waals surface area contributed by atoms with Crippen molar-refractivity contribution in [2.75, 3.05) is 12.3 Å². The molecular formula is C25H32N5O6PSSe. The van der Waals surface area contributed by atoms with Crippen LogP contribution in [-0.2, 0) is 33.4 Å². The molecule has 4 aliphatic rings. The number of nitrogens with zero attached hydrogens (tertiary/aromatic N) is 4. The average molecular weight is 641 g/mol. The Morgan fingerprint density at radius 3 is 2.85 bits per heavy atom. The standard InChI is InChI=1S/C25H32N5O6PS.Se/c1-14(2)15-8-9-24(5)19(10-15)36-37(31,38-24)32-11-17-20-21(35-23(3,4)34-20)25(12-26,33-17)18-7-6-16-22(27)28-13-29-30(16)18;/h6-7,13,15,17,19-21H,1,8-11H2,2-5H3,(H2,27,28,29);/t15-,17+,19+,20+,21+,24+,25-,37-;/m0./s1. The monoisotopic (exact) mass is 641 g/mol. The molecule has 2 radical (unpaired) electrons. The van der Waals surface area contributed by atoms with E-state index >= 15 is 0 Å². The second kappa shape index (κ2) is 9.83. The molecule has 210 valence electrons. The Labute approximate surface area is 241 Å². The van der Waals surface area contributed by atoms with Crippen LogP contribution in [-0.4, -0.2) is 73.2 Å². The van der Waals surface area contributed by atoms with Crippen molar-refractivity contribution in [2.45, 2.75) is 87.5 Å². The summed E-state index contributed by atoms with van der Waals surface area (Å²) in [5.41, 5.74) is 6.54. The van der Waals surface area contributed by atoms with Gasteiger partial charge in [0, 0.05) is 17.1 Å². The molecule has 3 saturated heterocycles. The molecule has 11 nitrogen and oxygen atoms in total. The number of rotatable bonds is 5. The van der Waals surface area contributed by atoms with Crippen LogP contribution >= 0.6 is 18.2 Å². The number of hydrogen-bond acceptors (Lipinski definition) is 11. The molecule has 1 aliphatic carbocycles. The predicted octanol–water partition coefficient (Wildman–Crippen LogP) is 3.96. The van der Waals surface area contributed by atoms with E-state index in [1.807, 2.05) is 6.92 Å². The molecule has 0 amide bonds. The van der Waals surface area contributed by atoms with E-state index in [9.17, 15) is 9.83 Å². The van der Waals surface area contributed by atoms with Crippen molar-refractivity contribution in [1.82, 2.24) is 14.6 Å². The van der Waals surface area contributed by atoms with E-state index in [1.165, 1.54) is 22.2 Å². The minimum Gasteiger partial charge on any atom is -0.382 e. The molecule has 2 aromatic heterocycles. The summed E-state index contributed by atoms with van der Waals surface area (Å²) >= 11 is 1.28. The Hall–Kier alpha value is -1.45. The van der Waals surface area contributed by atoms with Crippen molar-refractivity contribution in [3.63, 3.8) is 0 Å². The van der Waals surface area contributed by atoms with Gasteiger partial charge in [0.25, 0.3) is 0 Å². The van der Waals surface area contributed by atoms with Crippen molar-refractivity contribution in [3.8, 4) is 6.07 Å². The molecule has 4 fully saturated rings. The van der Waals surface area contributed by atoms with Gasteiger partial charge in [-0.25, -0.2) is 14.1 Å². The molecule has 5 heterocycles. The quantitative estimate of drug-likeness (QED) is 0.288. The smallest absolute Gasteiger partial charge is 0.382 e. The van der Waals surface area contributed by atoms with E-state index in [2.05, 4.69) is 29.7 Å². The van der Waals surface area contributed by atoms with Gasteiger partial charge in [0.1, 0.15) is 36.2 Å². The average Bonchev–Trinajstić information content (AvgIpc) is 3.56. The van der Waals surface area contributed by atoms with Crippen LogP contribution in [0.4, 0.5) is 5.82 Å². The summed E-state index contributed by atoms with van der Waals surface area (Å²) in [4.78, 5) is 4.03. The summed E-state index contributed by atoms with van der Waals surface area (Å²) in [6, 6.07) is 5.76. The first-order chi connectivity index (χ1) is 17.9. The molecule has 0 unspecified atom stereocenters.